The summed E-state index contributed by atoms with van der Waals surface area (Å²) in [5, 5.41) is 5.69. The van der Waals surface area contributed by atoms with Crippen molar-refractivity contribution in [1.29, 1.82) is 0 Å². The van der Waals surface area contributed by atoms with Crippen LogP contribution in [0, 0.1) is 5.92 Å². The van der Waals surface area contributed by atoms with Crippen molar-refractivity contribution < 1.29 is 9.53 Å². The number of carbonyl (C=O) groups excluding carboxylic acids is 1. The minimum absolute atomic E-state index is 0.105. The SMILES string of the molecule is CCOC(=O)CCNC(c1cccs1)C1CCCC1. The first kappa shape index (κ1) is 14.5. The second kappa shape index (κ2) is 7.65. The van der Waals surface area contributed by atoms with Gasteiger partial charge in [0.2, 0.25) is 0 Å². The van der Waals surface area contributed by atoms with Crippen LogP contribution in [0.4, 0.5) is 0 Å². The number of nitrogens with one attached hydrogen (secondary N) is 1. The molecule has 1 aromatic rings. The van der Waals surface area contributed by atoms with Crippen LogP contribution in [0.15, 0.2) is 17.5 Å². The summed E-state index contributed by atoms with van der Waals surface area (Å²) in [6.45, 7) is 3.02. The van der Waals surface area contributed by atoms with Crippen LogP contribution in [0.5, 0.6) is 0 Å². The van der Waals surface area contributed by atoms with E-state index in [-0.39, 0.29) is 5.97 Å². The highest BCUT2D eigenvalue weighted by molar-refractivity contribution is 7.10. The maximum absolute atomic E-state index is 11.4. The molecule has 3 nitrogen and oxygen atoms in total. The predicted molar refractivity (Wildman–Crippen MR) is 78.3 cm³/mol. The van der Waals surface area contributed by atoms with E-state index in [1.165, 1.54) is 30.6 Å². The molecule has 0 bridgehead atoms. The Morgan fingerprint density at radius 1 is 1.53 bits per heavy atom. The molecule has 106 valence electrons. The Hall–Kier alpha value is -0.870. The van der Waals surface area contributed by atoms with Crippen LogP contribution in [0.1, 0.15) is 49.9 Å². The average Bonchev–Trinajstić information content (AvgIpc) is 3.08. The lowest BCUT2D eigenvalue weighted by molar-refractivity contribution is -0.143. The van der Waals surface area contributed by atoms with Crippen molar-refractivity contribution in [3.05, 3.63) is 22.4 Å². The molecule has 1 atom stereocenters. The summed E-state index contributed by atoms with van der Waals surface area (Å²) in [5.41, 5.74) is 0. The van der Waals surface area contributed by atoms with Gasteiger partial charge in [-0.15, -0.1) is 11.3 Å². The third-order valence-electron chi connectivity index (χ3n) is 3.72. The molecule has 1 saturated carbocycles. The summed E-state index contributed by atoms with van der Waals surface area (Å²) in [6, 6.07) is 4.72. The molecule has 0 radical (unpaired) electrons. The number of rotatable bonds is 7. The Balaban J connectivity index is 1.86. The fourth-order valence-corrected chi connectivity index (χ4v) is 3.72. The van der Waals surface area contributed by atoms with Crippen LogP contribution in [-0.2, 0) is 9.53 Å². The van der Waals surface area contributed by atoms with E-state index in [4.69, 9.17) is 4.74 Å². The fourth-order valence-electron chi connectivity index (χ4n) is 2.82. The summed E-state index contributed by atoms with van der Waals surface area (Å²) in [7, 11) is 0. The molecule has 1 heterocycles. The maximum atomic E-state index is 11.4. The Morgan fingerprint density at radius 2 is 2.32 bits per heavy atom. The Morgan fingerprint density at radius 3 is 2.95 bits per heavy atom. The van der Waals surface area contributed by atoms with Crippen LogP contribution in [0.3, 0.4) is 0 Å². The quantitative estimate of drug-likeness (QED) is 0.777. The Kier molecular flexibility index (Phi) is 5.86. The van der Waals surface area contributed by atoms with E-state index in [0.717, 1.165) is 5.92 Å². The zero-order valence-electron chi connectivity index (χ0n) is 11.6. The molecule has 1 N–H and O–H groups in total. The van der Waals surface area contributed by atoms with Crippen molar-refractivity contribution in [2.24, 2.45) is 5.92 Å². The largest absolute Gasteiger partial charge is 0.466 e. The maximum Gasteiger partial charge on any atom is 0.307 e. The average molecular weight is 281 g/mol. The predicted octanol–water partition coefficient (Wildman–Crippen LogP) is 3.52. The van der Waals surface area contributed by atoms with Crippen molar-refractivity contribution in [3.63, 3.8) is 0 Å². The zero-order valence-corrected chi connectivity index (χ0v) is 12.4. The zero-order chi connectivity index (χ0) is 13.5. The smallest absolute Gasteiger partial charge is 0.307 e. The number of hydrogen-bond acceptors (Lipinski definition) is 4. The Bertz CT molecular complexity index is 372. The third-order valence-corrected chi connectivity index (χ3v) is 4.68. The van der Waals surface area contributed by atoms with E-state index in [1.54, 1.807) is 0 Å². The van der Waals surface area contributed by atoms with Gasteiger partial charge in [-0.1, -0.05) is 18.9 Å². The third kappa shape index (κ3) is 4.32. The highest BCUT2D eigenvalue weighted by Crippen LogP contribution is 2.37. The van der Waals surface area contributed by atoms with E-state index in [9.17, 15) is 4.79 Å². The molecule has 0 spiro atoms. The standard InChI is InChI=1S/C15H23NO2S/c1-2-18-14(17)9-10-16-15(12-6-3-4-7-12)13-8-5-11-19-13/h5,8,11-12,15-16H,2-4,6-7,9-10H2,1H3. The second-order valence-electron chi connectivity index (χ2n) is 5.05. The molecule has 2 rings (SSSR count). The van der Waals surface area contributed by atoms with E-state index in [2.05, 4.69) is 22.8 Å². The van der Waals surface area contributed by atoms with Gasteiger partial charge >= 0.3 is 5.97 Å². The topological polar surface area (TPSA) is 38.3 Å². The van der Waals surface area contributed by atoms with Crippen molar-refractivity contribution >= 4 is 17.3 Å². The van der Waals surface area contributed by atoms with E-state index in [1.807, 2.05) is 18.3 Å². The first-order valence-electron chi connectivity index (χ1n) is 7.23. The molecule has 19 heavy (non-hydrogen) atoms. The van der Waals surface area contributed by atoms with E-state index >= 15 is 0 Å². The molecule has 1 unspecified atom stereocenters. The number of thiophene rings is 1. The van der Waals surface area contributed by atoms with Crippen LogP contribution in [0.25, 0.3) is 0 Å². The molecule has 0 aromatic carbocycles. The normalized spacial score (nSPS) is 17.5. The van der Waals surface area contributed by atoms with Gasteiger partial charge in [-0.25, -0.2) is 0 Å². The van der Waals surface area contributed by atoms with Gasteiger partial charge in [0.05, 0.1) is 13.0 Å². The van der Waals surface area contributed by atoms with Crippen LogP contribution in [0.2, 0.25) is 0 Å². The van der Waals surface area contributed by atoms with Crippen LogP contribution < -0.4 is 5.32 Å². The first-order chi connectivity index (χ1) is 9.31. The molecular formula is C15H23NO2S. The molecule has 1 aliphatic carbocycles. The number of carbonyl (C=O) groups is 1. The molecule has 1 aromatic heterocycles. The van der Waals surface area contributed by atoms with E-state index in [0.29, 0.717) is 25.6 Å². The highest BCUT2D eigenvalue weighted by atomic mass is 32.1. The summed E-state index contributed by atoms with van der Waals surface area (Å²) in [6.07, 6.45) is 5.74. The van der Waals surface area contributed by atoms with Crippen molar-refractivity contribution in [3.8, 4) is 0 Å². The van der Waals surface area contributed by atoms with Crippen LogP contribution >= 0.6 is 11.3 Å². The van der Waals surface area contributed by atoms with Gasteiger partial charge in [-0.2, -0.15) is 0 Å². The Labute approximate surface area is 119 Å². The van der Waals surface area contributed by atoms with Crippen molar-refractivity contribution in [1.82, 2.24) is 5.32 Å². The van der Waals surface area contributed by atoms with Crippen molar-refractivity contribution in [2.45, 2.75) is 45.1 Å². The van der Waals surface area contributed by atoms with Crippen LogP contribution in [-0.4, -0.2) is 19.1 Å². The highest BCUT2D eigenvalue weighted by Gasteiger charge is 2.26. The van der Waals surface area contributed by atoms with Gasteiger partial charge in [-0.05, 0) is 37.1 Å². The monoisotopic (exact) mass is 281 g/mol. The lowest BCUT2D eigenvalue weighted by atomic mass is 9.96. The van der Waals surface area contributed by atoms with Gasteiger partial charge in [0.1, 0.15) is 0 Å². The summed E-state index contributed by atoms with van der Waals surface area (Å²) in [4.78, 5) is 12.8. The first-order valence-corrected chi connectivity index (χ1v) is 8.11. The summed E-state index contributed by atoms with van der Waals surface area (Å²) < 4.78 is 4.96. The molecular weight excluding hydrogens is 258 g/mol. The molecule has 0 saturated heterocycles. The van der Waals surface area contributed by atoms with E-state index < -0.39 is 0 Å². The van der Waals surface area contributed by atoms with Gasteiger partial charge in [0, 0.05) is 17.5 Å². The summed E-state index contributed by atoms with van der Waals surface area (Å²) >= 11 is 1.81. The number of ether oxygens (including phenoxy) is 1. The number of esters is 1. The minimum Gasteiger partial charge on any atom is -0.466 e. The molecule has 0 aliphatic heterocycles. The van der Waals surface area contributed by atoms with Gasteiger partial charge in [0.15, 0.2) is 0 Å². The molecule has 4 heteroatoms. The van der Waals surface area contributed by atoms with Gasteiger partial charge < -0.3 is 10.1 Å². The lowest BCUT2D eigenvalue weighted by Crippen LogP contribution is -2.28. The molecule has 1 aliphatic rings. The fraction of sp³-hybridized carbons (Fsp3) is 0.667. The van der Waals surface area contributed by atoms with Gasteiger partial charge in [-0.3, -0.25) is 4.79 Å². The lowest BCUT2D eigenvalue weighted by Gasteiger charge is -2.23. The van der Waals surface area contributed by atoms with Gasteiger partial charge in [0.25, 0.3) is 0 Å². The molecule has 0 amide bonds. The molecule has 1 fully saturated rings. The summed E-state index contributed by atoms with van der Waals surface area (Å²) in [5.74, 6) is 0.618. The number of hydrogen-bond donors (Lipinski definition) is 1. The van der Waals surface area contributed by atoms with Crippen molar-refractivity contribution in [2.75, 3.05) is 13.2 Å². The second-order valence-corrected chi connectivity index (χ2v) is 6.03. The minimum atomic E-state index is -0.105.